The molecule has 1 aromatic heterocycles. The first kappa shape index (κ1) is 17.1. The fraction of sp³-hybridized carbons (Fsp3) is 0.227. The van der Waals surface area contributed by atoms with Crippen molar-refractivity contribution in [2.75, 3.05) is 7.11 Å². The summed E-state index contributed by atoms with van der Waals surface area (Å²) >= 11 is 6.84. The second-order valence-electron chi connectivity index (χ2n) is 6.53. The first-order chi connectivity index (χ1) is 12.7. The third-order valence-electron chi connectivity index (χ3n) is 5.06. The Morgan fingerprint density at radius 2 is 1.77 bits per heavy atom. The van der Waals surface area contributed by atoms with Gasteiger partial charge in [0.05, 0.1) is 17.8 Å². The lowest BCUT2D eigenvalue weighted by Gasteiger charge is -2.14. The van der Waals surface area contributed by atoms with Gasteiger partial charge >= 0.3 is 0 Å². The van der Waals surface area contributed by atoms with E-state index in [-0.39, 0.29) is 0 Å². The van der Waals surface area contributed by atoms with E-state index in [1.54, 1.807) is 7.11 Å². The molecule has 132 valence electrons. The fourth-order valence-corrected chi connectivity index (χ4v) is 4.09. The average molecular weight is 365 g/mol. The smallest absolute Gasteiger partial charge is 0.218 e. The number of ether oxygens (including phenoxy) is 1. The summed E-state index contributed by atoms with van der Waals surface area (Å²) in [6.45, 7) is 0.389. The zero-order valence-electron chi connectivity index (χ0n) is 14.8. The van der Waals surface area contributed by atoms with Gasteiger partial charge < -0.3 is 10.5 Å². The molecule has 4 heteroatoms. The molecule has 0 radical (unpaired) electrons. The maximum Gasteiger partial charge on any atom is 0.218 e. The van der Waals surface area contributed by atoms with E-state index < -0.39 is 0 Å². The number of hydrogen-bond acceptors (Lipinski definition) is 3. The number of aryl methyl sites for hydroxylation is 1. The van der Waals surface area contributed by atoms with Gasteiger partial charge in [-0.05, 0) is 42.0 Å². The monoisotopic (exact) mass is 364 g/mol. The van der Waals surface area contributed by atoms with Gasteiger partial charge in [0.1, 0.15) is 0 Å². The minimum absolute atomic E-state index is 0.389. The van der Waals surface area contributed by atoms with E-state index in [9.17, 15) is 0 Å². The summed E-state index contributed by atoms with van der Waals surface area (Å²) in [6.07, 6.45) is 3.48. The SMILES string of the molecule is COc1nc(-c2cccc(-c3cccc4c3CCC4)c2Cl)ccc1CN. The van der Waals surface area contributed by atoms with Crippen LogP contribution in [0.4, 0.5) is 0 Å². The molecule has 2 N–H and O–H groups in total. The summed E-state index contributed by atoms with van der Waals surface area (Å²) < 4.78 is 5.38. The van der Waals surface area contributed by atoms with E-state index >= 15 is 0 Å². The number of fused-ring (bicyclic) bond motifs is 1. The minimum atomic E-state index is 0.389. The van der Waals surface area contributed by atoms with Crippen LogP contribution in [0.1, 0.15) is 23.1 Å². The predicted molar refractivity (Wildman–Crippen MR) is 107 cm³/mol. The molecule has 1 aliphatic carbocycles. The Bertz CT molecular complexity index is 968. The molecular formula is C22H21ClN2O. The van der Waals surface area contributed by atoms with Gasteiger partial charge in [0.25, 0.3) is 0 Å². The number of aromatic nitrogens is 1. The second-order valence-corrected chi connectivity index (χ2v) is 6.91. The van der Waals surface area contributed by atoms with Crippen LogP contribution in [0.2, 0.25) is 5.02 Å². The molecule has 0 aliphatic heterocycles. The Morgan fingerprint density at radius 3 is 2.58 bits per heavy atom. The van der Waals surface area contributed by atoms with Gasteiger partial charge in [-0.25, -0.2) is 4.98 Å². The van der Waals surface area contributed by atoms with Crippen molar-refractivity contribution in [3.05, 3.63) is 70.2 Å². The van der Waals surface area contributed by atoms with E-state index in [1.165, 1.54) is 23.1 Å². The normalized spacial score (nSPS) is 12.9. The molecular weight excluding hydrogens is 344 g/mol. The van der Waals surface area contributed by atoms with Gasteiger partial charge in [-0.1, -0.05) is 54.1 Å². The van der Waals surface area contributed by atoms with E-state index in [0.717, 1.165) is 40.2 Å². The number of pyridine rings is 1. The lowest BCUT2D eigenvalue weighted by molar-refractivity contribution is 0.393. The lowest BCUT2D eigenvalue weighted by Crippen LogP contribution is -2.02. The summed E-state index contributed by atoms with van der Waals surface area (Å²) in [7, 11) is 1.61. The molecule has 4 rings (SSSR count). The van der Waals surface area contributed by atoms with Crippen LogP contribution in [0.3, 0.4) is 0 Å². The fourth-order valence-electron chi connectivity index (χ4n) is 3.76. The van der Waals surface area contributed by atoms with Gasteiger partial charge in [-0.15, -0.1) is 0 Å². The highest BCUT2D eigenvalue weighted by molar-refractivity contribution is 6.36. The van der Waals surface area contributed by atoms with E-state index in [2.05, 4.69) is 29.2 Å². The van der Waals surface area contributed by atoms with Gasteiger partial charge in [-0.2, -0.15) is 0 Å². The summed E-state index contributed by atoms with van der Waals surface area (Å²) in [5.74, 6) is 0.548. The summed E-state index contributed by atoms with van der Waals surface area (Å²) in [4.78, 5) is 4.61. The summed E-state index contributed by atoms with van der Waals surface area (Å²) in [5.41, 5.74) is 13.5. The molecule has 1 aliphatic rings. The Morgan fingerprint density at radius 1 is 1.00 bits per heavy atom. The van der Waals surface area contributed by atoms with Gasteiger partial charge in [0, 0.05) is 23.2 Å². The Labute approximate surface area is 158 Å². The van der Waals surface area contributed by atoms with Crippen molar-refractivity contribution in [1.29, 1.82) is 0 Å². The van der Waals surface area contributed by atoms with E-state index in [4.69, 9.17) is 22.1 Å². The zero-order chi connectivity index (χ0) is 18.1. The maximum atomic E-state index is 6.84. The zero-order valence-corrected chi connectivity index (χ0v) is 15.5. The van der Waals surface area contributed by atoms with Crippen molar-refractivity contribution in [1.82, 2.24) is 4.98 Å². The van der Waals surface area contributed by atoms with Crippen LogP contribution in [0.5, 0.6) is 5.88 Å². The molecule has 0 amide bonds. The highest BCUT2D eigenvalue weighted by atomic mass is 35.5. The Hall–Kier alpha value is -2.36. The van der Waals surface area contributed by atoms with Crippen LogP contribution in [0.25, 0.3) is 22.4 Å². The van der Waals surface area contributed by atoms with Crippen LogP contribution < -0.4 is 10.5 Å². The molecule has 0 bridgehead atoms. The van der Waals surface area contributed by atoms with Crippen LogP contribution in [0, 0.1) is 0 Å². The molecule has 26 heavy (non-hydrogen) atoms. The third kappa shape index (κ3) is 2.87. The Balaban J connectivity index is 1.84. The number of nitrogens with zero attached hydrogens (tertiary/aromatic N) is 1. The molecule has 0 atom stereocenters. The van der Waals surface area contributed by atoms with Crippen molar-refractivity contribution < 1.29 is 4.74 Å². The first-order valence-corrected chi connectivity index (χ1v) is 9.24. The van der Waals surface area contributed by atoms with E-state index in [1.807, 2.05) is 24.3 Å². The first-order valence-electron chi connectivity index (χ1n) is 8.87. The molecule has 0 saturated heterocycles. The predicted octanol–water partition coefficient (Wildman–Crippen LogP) is 5.03. The average Bonchev–Trinajstić information content (AvgIpc) is 3.16. The highest BCUT2D eigenvalue weighted by Gasteiger charge is 2.19. The van der Waals surface area contributed by atoms with Crippen molar-refractivity contribution in [3.8, 4) is 28.3 Å². The number of methoxy groups -OCH3 is 1. The molecule has 3 nitrogen and oxygen atoms in total. The van der Waals surface area contributed by atoms with Gasteiger partial charge in [0.15, 0.2) is 0 Å². The molecule has 3 aromatic rings. The third-order valence-corrected chi connectivity index (χ3v) is 5.47. The quantitative estimate of drug-likeness (QED) is 0.706. The van der Waals surface area contributed by atoms with Crippen molar-refractivity contribution >= 4 is 11.6 Å². The molecule has 0 saturated carbocycles. The van der Waals surface area contributed by atoms with Gasteiger partial charge in [-0.3, -0.25) is 0 Å². The number of nitrogens with two attached hydrogens (primary N) is 1. The molecule has 1 heterocycles. The Kier molecular flexibility index (Phi) is 4.66. The van der Waals surface area contributed by atoms with Crippen LogP contribution in [0.15, 0.2) is 48.5 Å². The number of hydrogen-bond donors (Lipinski definition) is 1. The van der Waals surface area contributed by atoms with Crippen LogP contribution in [-0.4, -0.2) is 12.1 Å². The van der Waals surface area contributed by atoms with E-state index in [0.29, 0.717) is 12.4 Å². The van der Waals surface area contributed by atoms with Crippen molar-refractivity contribution in [2.24, 2.45) is 5.73 Å². The molecule has 0 fully saturated rings. The lowest BCUT2D eigenvalue weighted by atomic mass is 9.95. The van der Waals surface area contributed by atoms with Gasteiger partial charge in [0.2, 0.25) is 5.88 Å². The van der Waals surface area contributed by atoms with Crippen molar-refractivity contribution in [2.45, 2.75) is 25.8 Å². The highest BCUT2D eigenvalue weighted by Crippen LogP contribution is 2.40. The van der Waals surface area contributed by atoms with Crippen LogP contribution >= 0.6 is 11.6 Å². The second kappa shape index (κ2) is 7.10. The minimum Gasteiger partial charge on any atom is -0.481 e. The standard InChI is InChI=1S/C22H21ClN2O/c1-26-22-15(13-24)11-12-20(25-22)19-10-4-9-18(21(19)23)17-8-3-6-14-5-2-7-16(14)17/h3-4,6,8-12H,2,5,7,13,24H2,1H3. The summed E-state index contributed by atoms with van der Waals surface area (Å²) in [5, 5.41) is 0.725. The molecule has 2 aromatic carbocycles. The number of halogens is 1. The largest absolute Gasteiger partial charge is 0.481 e. The number of rotatable bonds is 4. The topological polar surface area (TPSA) is 48.1 Å². The van der Waals surface area contributed by atoms with Crippen molar-refractivity contribution in [3.63, 3.8) is 0 Å². The maximum absolute atomic E-state index is 6.84. The molecule has 0 unspecified atom stereocenters. The van der Waals surface area contributed by atoms with Crippen LogP contribution in [-0.2, 0) is 19.4 Å². The molecule has 0 spiro atoms. The summed E-state index contributed by atoms with van der Waals surface area (Å²) in [6, 6.07) is 16.5. The number of benzene rings is 2.